The number of carbonyl (C=O) groups excluding carboxylic acids is 1. The van der Waals surface area contributed by atoms with E-state index >= 15 is 0 Å². The molecule has 5 nitrogen and oxygen atoms in total. The van der Waals surface area contributed by atoms with E-state index in [1.165, 1.54) is 6.08 Å². The molecule has 0 spiro atoms. The molecule has 6 heteroatoms. The molecule has 1 aromatic carbocycles. The average molecular weight is 348 g/mol. The molecule has 2 heterocycles. The number of ether oxygens (including phenoxy) is 2. The Morgan fingerprint density at radius 3 is 3.08 bits per heavy atom. The zero-order valence-corrected chi connectivity index (χ0v) is 13.8. The van der Waals surface area contributed by atoms with Gasteiger partial charge in [0.25, 0.3) is 0 Å². The Labute approximate surface area is 145 Å². The number of furan rings is 1. The Morgan fingerprint density at radius 1 is 1.42 bits per heavy atom. The Morgan fingerprint density at radius 2 is 2.33 bits per heavy atom. The highest BCUT2D eigenvalue weighted by Gasteiger charge is 2.17. The van der Waals surface area contributed by atoms with E-state index in [9.17, 15) is 4.79 Å². The summed E-state index contributed by atoms with van der Waals surface area (Å²) < 4.78 is 16.5. The normalized spacial score (nSPS) is 17.3. The van der Waals surface area contributed by atoms with Gasteiger partial charge < -0.3 is 19.2 Å². The van der Waals surface area contributed by atoms with Gasteiger partial charge in [0.1, 0.15) is 18.1 Å². The predicted octanol–water partition coefficient (Wildman–Crippen LogP) is 4.14. The van der Waals surface area contributed by atoms with Crippen LogP contribution in [-0.4, -0.2) is 25.2 Å². The maximum Gasteiger partial charge on any atom is 0.248 e. The molecule has 0 aliphatic carbocycles. The summed E-state index contributed by atoms with van der Waals surface area (Å²) in [5.41, 5.74) is 0.523. The van der Waals surface area contributed by atoms with E-state index in [4.69, 9.17) is 25.5 Å². The molecule has 1 aliphatic heterocycles. The summed E-state index contributed by atoms with van der Waals surface area (Å²) in [4.78, 5) is 12.1. The third kappa shape index (κ3) is 4.63. The lowest BCUT2D eigenvalue weighted by molar-refractivity contribution is -0.111. The zero-order valence-electron chi connectivity index (χ0n) is 13.0. The number of rotatable bonds is 6. The molecule has 3 rings (SSSR count). The second-order valence-electron chi connectivity index (χ2n) is 5.42. The van der Waals surface area contributed by atoms with Crippen molar-refractivity contribution in [3.63, 3.8) is 0 Å². The lowest BCUT2D eigenvalue weighted by Gasteiger charge is -2.15. The van der Waals surface area contributed by atoms with Crippen LogP contribution < -0.4 is 10.1 Å². The highest BCUT2D eigenvalue weighted by molar-refractivity contribution is 6.31. The molecular weight excluding hydrogens is 330 g/mol. The van der Waals surface area contributed by atoms with E-state index in [0.717, 1.165) is 19.4 Å². The minimum Gasteiger partial charge on any atom is -0.489 e. The van der Waals surface area contributed by atoms with Crippen LogP contribution in [0.2, 0.25) is 5.02 Å². The molecule has 1 aliphatic rings. The molecular formula is C18H18ClNO4. The number of anilines is 1. The highest BCUT2D eigenvalue weighted by Crippen LogP contribution is 2.29. The lowest BCUT2D eigenvalue weighted by atomic mass is 10.2. The van der Waals surface area contributed by atoms with Crippen LogP contribution in [0, 0.1) is 0 Å². The van der Waals surface area contributed by atoms with Gasteiger partial charge in [0.2, 0.25) is 5.91 Å². The summed E-state index contributed by atoms with van der Waals surface area (Å²) >= 11 is 6.02. The van der Waals surface area contributed by atoms with Crippen molar-refractivity contribution in [1.82, 2.24) is 0 Å². The first-order valence-corrected chi connectivity index (χ1v) is 8.15. The number of benzene rings is 1. The number of nitrogens with one attached hydrogen (secondary N) is 1. The van der Waals surface area contributed by atoms with Gasteiger partial charge in [-0.25, -0.2) is 0 Å². The molecule has 24 heavy (non-hydrogen) atoms. The largest absolute Gasteiger partial charge is 0.489 e. The quantitative estimate of drug-likeness (QED) is 0.798. The fourth-order valence-corrected chi connectivity index (χ4v) is 2.57. The standard InChI is InChI=1S/C18H18ClNO4/c19-13-5-7-17(24-12-15-4-2-10-23-15)16(11-13)20-18(21)8-6-14-3-1-9-22-14/h1,3,5-9,11,15H,2,4,10,12H2,(H,20,21). The monoisotopic (exact) mass is 347 g/mol. The first-order valence-electron chi connectivity index (χ1n) is 7.77. The van der Waals surface area contributed by atoms with E-state index < -0.39 is 0 Å². The number of hydrogen-bond donors (Lipinski definition) is 1. The Kier molecular flexibility index (Phi) is 5.56. The molecule has 1 atom stereocenters. The van der Waals surface area contributed by atoms with Crippen molar-refractivity contribution in [3.05, 3.63) is 53.5 Å². The van der Waals surface area contributed by atoms with E-state index in [-0.39, 0.29) is 12.0 Å². The van der Waals surface area contributed by atoms with Crippen LogP contribution in [-0.2, 0) is 9.53 Å². The summed E-state index contributed by atoms with van der Waals surface area (Å²) in [6.45, 7) is 1.22. The Balaban J connectivity index is 1.64. The van der Waals surface area contributed by atoms with Gasteiger partial charge in [0.05, 0.1) is 18.1 Å². The smallest absolute Gasteiger partial charge is 0.248 e. The van der Waals surface area contributed by atoms with Gasteiger partial charge in [0, 0.05) is 17.7 Å². The second-order valence-corrected chi connectivity index (χ2v) is 5.86. The summed E-state index contributed by atoms with van der Waals surface area (Å²) in [7, 11) is 0. The second kappa shape index (κ2) is 8.04. The lowest BCUT2D eigenvalue weighted by Crippen LogP contribution is -2.17. The van der Waals surface area contributed by atoms with Crippen molar-refractivity contribution < 1.29 is 18.7 Å². The van der Waals surface area contributed by atoms with Crippen molar-refractivity contribution in [2.75, 3.05) is 18.5 Å². The molecule has 1 unspecified atom stereocenters. The van der Waals surface area contributed by atoms with Gasteiger partial charge in [-0.05, 0) is 49.2 Å². The van der Waals surface area contributed by atoms with Gasteiger partial charge in [-0.15, -0.1) is 0 Å². The van der Waals surface area contributed by atoms with Crippen molar-refractivity contribution in [2.24, 2.45) is 0 Å². The Hall–Kier alpha value is -2.24. The molecule has 0 saturated carbocycles. The van der Waals surface area contributed by atoms with Gasteiger partial charge in [0.15, 0.2) is 0 Å². The van der Waals surface area contributed by atoms with Crippen molar-refractivity contribution in [3.8, 4) is 5.75 Å². The maximum atomic E-state index is 12.1. The SMILES string of the molecule is O=C(C=Cc1ccco1)Nc1cc(Cl)ccc1OCC1CCCO1. The average Bonchev–Trinajstić information content (AvgIpc) is 3.26. The molecule has 2 aromatic rings. The fourth-order valence-electron chi connectivity index (χ4n) is 2.40. The van der Waals surface area contributed by atoms with E-state index in [1.54, 1.807) is 42.7 Å². The fraction of sp³-hybridized carbons (Fsp3) is 0.278. The zero-order chi connectivity index (χ0) is 16.8. The molecule has 1 fully saturated rings. The number of carbonyl (C=O) groups is 1. The van der Waals surface area contributed by atoms with E-state index in [1.807, 2.05) is 0 Å². The van der Waals surface area contributed by atoms with Crippen LogP contribution in [0.1, 0.15) is 18.6 Å². The van der Waals surface area contributed by atoms with Gasteiger partial charge in [-0.3, -0.25) is 4.79 Å². The van der Waals surface area contributed by atoms with Crippen LogP contribution in [0.5, 0.6) is 5.75 Å². The highest BCUT2D eigenvalue weighted by atomic mass is 35.5. The summed E-state index contributed by atoms with van der Waals surface area (Å²) in [6, 6.07) is 8.64. The van der Waals surface area contributed by atoms with E-state index in [2.05, 4.69) is 5.32 Å². The van der Waals surface area contributed by atoms with Crippen molar-refractivity contribution in [2.45, 2.75) is 18.9 Å². The van der Waals surface area contributed by atoms with Crippen LogP contribution in [0.25, 0.3) is 6.08 Å². The molecule has 0 radical (unpaired) electrons. The molecule has 1 saturated heterocycles. The molecule has 1 N–H and O–H groups in total. The van der Waals surface area contributed by atoms with Crippen LogP contribution >= 0.6 is 11.6 Å². The van der Waals surface area contributed by atoms with Crippen LogP contribution in [0.4, 0.5) is 5.69 Å². The predicted molar refractivity (Wildman–Crippen MR) is 92.3 cm³/mol. The number of halogens is 1. The third-order valence-electron chi connectivity index (χ3n) is 3.59. The Bertz CT molecular complexity index is 706. The number of hydrogen-bond acceptors (Lipinski definition) is 4. The number of amides is 1. The molecule has 1 aromatic heterocycles. The van der Waals surface area contributed by atoms with E-state index in [0.29, 0.717) is 28.8 Å². The third-order valence-corrected chi connectivity index (χ3v) is 3.83. The van der Waals surface area contributed by atoms with Gasteiger partial charge in [-0.2, -0.15) is 0 Å². The summed E-state index contributed by atoms with van der Waals surface area (Å²) in [5.74, 6) is 0.872. The summed E-state index contributed by atoms with van der Waals surface area (Å²) in [6.07, 6.45) is 6.67. The topological polar surface area (TPSA) is 60.7 Å². The first-order chi connectivity index (χ1) is 11.7. The van der Waals surface area contributed by atoms with Crippen molar-refractivity contribution in [1.29, 1.82) is 0 Å². The first kappa shape index (κ1) is 16.6. The molecule has 126 valence electrons. The molecule has 0 bridgehead atoms. The summed E-state index contributed by atoms with van der Waals surface area (Å²) in [5, 5.41) is 3.29. The minimum absolute atomic E-state index is 0.100. The minimum atomic E-state index is -0.296. The van der Waals surface area contributed by atoms with Gasteiger partial charge >= 0.3 is 0 Å². The maximum absolute atomic E-state index is 12.1. The van der Waals surface area contributed by atoms with Crippen molar-refractivity contribution >= 4 is 29.3 Å². The van der Waals surface area contributed by atoms with Crippen LogP contribution in [0.15, 0.2) is 47.1 Å². The molecule has 1 amide bonds. The van der Waals surface area contributed by atoms with Crippen LogP contribution in [0.3, 0.4) is 0 Å². The van der Waals surface area contributed by atoms with Gasteiger partial charge in [-0.1, -0.05) is 11.6 Å².